The van der Waals surface area contributed by atoms with Gasteiger partial charge in [0.05, 0.1) is 10.9 Å². The second-order valence-corrected chi connectivity index (χ2v) is 6.01. The number of hydrogen-bond acceptors (Lipinski definition) is 2. The summed E-state index contributed by atoms with van der Waals surface area (Å²) in [5.74, 6) is 2.35. The van der Waals surface area contributed by atoms with Crippen LogP contribution >= 0.6 is 0 Å². The monoisotopic (exact) mass is 249 g/mol. The summed E-state index contributed by atoms with van der Waals surface area (Å²) in [6, 6.07) is 4.81. The lowest BCUT2D eigenvalue weighted by Gasteiger charge is -2.10. The molecule has 0 bridgehead atoms. The Bertz CT molecular complexity index is 570. The van der Waals surface area contributed by atoms with Crippen LogP contribution in [0.1, 0.15) is 24.5 Å². The summed E-state index contributed by atoms with van der Waals surface area (Å²) in [7, 11) is -3.49. The number of sulfonamides is 1. The van der Waals surface area contributed by atoms with Crippen LogP contribution in [0, 0.1) is 12.3 Å². The van der Waals surface area contributed by atoms with Crippen LogP contribution in [0.5, 0.6) is 0 Å². The Balaban J connectivity index is 2.32. The van der Waals surface area contributed by atoms with E-state index in [-0.39, 0.29) is 0 Å². The van der Waals surface area contributed by atoms with Crippen molar-refractivity contribution in [2.45, 2.75) is 37.1 Å². The molecule has 1 aliphatic carbocycles. The van der Waals surface area contributed by atoms with E-state index in [1.807, 2.05) is 6.07 Å². The van der Waals surface area contributed by atoms with E-state index in [2.05, 4.69) is 10.6 Å². The van der Waals surface area contributed by atoms with Crippen LogP contribution in [-0.2, 0) is 22.9 Å². The molecule has 90 valence electrons. The molecular weight excluding hydrogens is 234 g/mol. The normalized spacial score (nSPS) is 16.2. The van der Waals surface area contributed by atoms with Crippen molar-refractivity contribution >= 4 is 10.0 Å². The fourth-order valence-electron chi connectivity index (χ4n) is 2.05. The fraction of sp³-hybridized carbons (Fsp3) is 0.385. The van der Waals surface area contributed by atoms with E-state index >= 15 is 0 Å². The van der Waals surface area contributed by atoms with E-state index < -0.39 is 16.1 Å². The lowest BCUT2D eigenvalue weighted by Crippen LogP contribution is -2.31. The van der Waals surface area contributed by atoms with Gasteiger partial charge in [-0.3, -0.25) is 0 Å². The van der Waals surface area contributed by atoms with Crippen LogP contribution < -0.4 is 4.72 Å². The van der Waals surface area contributed by atoms with Gasteiger partial charge < -0.3 is 0 Å². The van der Waals surface area contributed by atoms with Crippen LogP contribution in [-0.4, -0.2) is 14.5 Å². The molecule has 0 aliphatic heterocycles. The van der Waals surface area contributed by atoms with Gasteiger partial charge in [0.1, 0.15) is 0 Å². The highest BCUT2D eigenvalue weighted by molar-refractivity contribution is 7.89. The minimum atomic E-state index is -3.49. The largest absolute Gasteiger partial charge is 0.241 e. The summed E-state index contributed by atoms with van der Waals surface area (Å²) in [6.07, 6.45) is 8.28. The molecule has 0 fully saturated rings. The highest BCUT2D eigenvalue weighted by atomic mass is 32.2. The number of hydrogen-bond donors (Lipinski definition) is 1. The Morgan fingerprint density at radius 1 is 1.35 bits per heavy atom. The maximum absolute atomic E-state index is 12.0. The van der Waals surface area contributed by atoms with Gasteiger partial charge in [0.25, 0.3) is 0 Å². The van der Waals surface area contributed by atoms with Crippen molar-refractivity contribution in [1.82, 2.24) is 4.72 Å². The van der Waals surface area contributed by atoms with Gasteiger partial charge in [-0.2, -0.15) is 4.72 Å². The molecular formula is C13H15NO2S. The molecule has 1 N–H and O–H groups in total. The van der Waals surface area contributed by atoms with Gasteiger partial charge >= 0.3 is 0 Å². The van der Waals surface area contributed by atoms with Crippen molar-refractivity contribution in [2.75, 3.05) is 0 Å². The molecule has 0 aromatic heterocycles. The topological polar surface area (TPSA) is 46.2 Å². The Morgan fingerprint density at radius 2 is 2.06 bits per heavy atom. The second kappa shape index (κ2) is 4.52. The molecule has 0 spiro atoms. The van der Waals surface area contributed by atoms with Crippen molar-refractivity contribution in [3.05, 3.63) is 29.3 Å². The summed E-state index contributed by atoms with van der Waals surface area (Å²) in [4.78, 5) is 0.306. The van der Waals surface area contributed by atoms with Crippen molar-refractivity contribution in [3.63, 3.8) is 0 Å². The molecule has 0 amide bonds. The summed E-state index contributed by atoms with van der Waals surface area (Å²) in [5.41, 5.74) is 2.40. The highest BCUT2D eigenvalue weighted by Crippen LogP contribution is 2.24. The van der Waals surface area contributed by atoms with Crippen LogP contribution in [0.15, 0.2) is 23.1 Å². The molecule has 0 saturated carbocycles. The molecule has 1 aliphatic rings. The molecule has 2 rings (SSSR count). The molecule has 4 heteroatoms. The van der Waals surface area contributed by atoms with Crippen molar-refractivity contribution in [3.8, 4) is 12.3 Å². The number of benzene rings is 1. The van der Waals surface area contributed by atoms with Crippen molar-refractivity contribution in [2.24, 2.45) is 0 Å². The molecule has 17 heavy (non-hydrogen) atoms. The van der Waals surface area contributed by atoms with Gasteiger partial charge in [-0.05, 0) is 49.4 Å². The van der Waals surface area contributed by atoms with E-state index in [0.717, 1.165) is 24.8 Å². The minimum absolute atomic E-state index is 0.306. The van der Waals surface area contributed by atoms with Crippen molar-refractivity contribution < 1.29 is 8.42 Å². The maximum Gasteiger partial charge on any atom is 0.241 e. The molecule has 1 aromatic rings. The zero-order valence-electron chi connectivity index (χ0n) is 9.73. The predicted octanol–water partition coefficient (Wildman–Crippen LogP) is 1.48. The first-order valence-electron chi connectivity index (χ1n) is 5.63. The average molecular weight is 249 g/mol. The van der Waals surface area contributed by atoms with Gasteiger partial charge in [0, 0.05) is 0 Å². The number of terminal acetylenes is 1. The zero-order chi connectivity index (χ0) is 12.5. The van der Waals surface area contributed by atoms with Gasteiger partial charge in [-0.1, -0.05) is 12.0 Å². The SMILES string of the molecule is C#C[C@@H](C)NS(=O)(=O)c1ccc2c(c1)CCC2. The van der Waals surface area contributed by atoms with E-state index in [0.29, 0.717) is 4.90 Å². The molecule has 0 radical (unpaired) electrons. The van der Waals surface area contributed by atoms with E-state index in [1.165, 1.54) is 5.56 Å². The van der Waals surface area contributed by atoms with Gasteiger partial charge in [-0.15, -0.1) is 6.42 Å². The third kappa shape index (κ3) is 2.51. The van der Waals surface area contributed by atoms with Gasteiger partial charge in [-0.25, -0.2) is 8.42 Å². The molecule has 0 unspecified atom stereocenters. The van der Waals surface area contributed by atoms with Crippen LogP contribution in [0.25, 0.3) is 0 Å². The third-order valence-electron chi connectivity index (χ3n) is 2.96. The second-order valence-electron chi connectivity index (χ2n) is 4.29. The summed E-state index contributed by atoms with van der Waals surface area (Å²) in [5, 5.41) is 0. The molecule has 3 nitrogen and oxygen atoms in total. The van der Waals surface area contributed by atoms with E-state index in [1.54, 1.807) is 19.1 Å². The minimum Gasteiger partial charge on any atom is -0.207 e. The first kappa shape index (κ1) is 12.2. The Labute approximate surface area is 102 Å². The first-order chi connectivity index (χ1) is 8.03. The lowest BCUT2D eigenvalue weighted by atomic mass is 10.1. The summed E-state index contributed by atoms with van der Waals surface area (Å²) < 4.78 is 26.4. The summed E-state index contributed by atoms with van der Waals surface area (Å²) in [6.45, 7) is 1.64. The van der Waals surface area contributed by atoms with E-state index in [4.69, 9.17) is 6.42 Å². The standard InChI is InChI=1S/C13H15NO2S/c1-3-10(2)14-17(15,16)13-8-7-11-5-4-6-12(11)9-13/h1,7-10,14H,4-6H2,2H3/t10-/m1/s1. The smallest absolute Gasteiger partial charge is 0.207 e. The highest BCUT2D eigenvalue weighted by Gasteiger charge is 2.19. The Hall–Kier alpha value is -1.31. The third-order valence-corrected chi connectivity index (χ3v) is 4.50. The molecule has 0 saturated heterocycles. The zero-order valence-corrected chi connectivity index (χ0v) is 10.5. The van der Waals surface area contributed by atoms with Gasteiger partial charge in [0.2, 0.25) is 10.0 Å². The molecule has 1 aromatic carbocycles. The molecule has 0 heterocycles. The molecule has 1 atom stereocenters. The predicted molar refractivity (Wildman–Crippen MR) is 67.1 cm³/mol. The Kier molecular flexibility index (Phi) is 3.23. The van der Waals surface area contributed by atoms with Gasteiger partial charge in [0.15, 0.2) is 0 Å². The Morgan fingerprint density at radius 3 is 2.76 bits per heavy atom. The van der Waals surface area contributed by atoms with E-state index in [9.17, 15) is 8.42 Å². The quantitative estimate of drug-likeness (QED) is 0.825. The first-order valence-corrected chi connectivity index (χ1v) is 7.11. The van der Waals surface area contributed by atoms with Crippen LogP contribution in [0.4, 0.5) is 0 Å². The number of fused-ring (bicyclic) bond motifs is 1. The fourth-order valence-corrected chi connectivity index (χ4v) is 3.26. The van der Waals surface area contributed by atoms with Crippen LogP contribution in [0.2, 0.25) is 0 Å². The maximum atomic E-state index is 12.0. The number of rotatable bonds is 3. The van der Waals surface area contributed by atoms with Crippen molar-refractivity contribution in [1.29, 1.82) is 0 Å². The van der Waals surface area contributed by atoms with Crippen LogP contribution in [0.3, 0.4) is 0 Å². The number of nitrogens with one attached hydrogen (secondary N) is 1. The number of aryl methyl sites for hydroxylation is 2. The average Bonchev–Trinajstić information content (AvgIpc) is 2.75. The summed E-state index contributed by atoms with van der Waals surface area (Å²) >= 11 is 0. The lowest BCUT2D eigenvalue weighted by molar-refractivity contribution is 0.577.